The van der Waals surface area contributed by atoms with Gasteiger partial charge < -0.3 is 10.1 Å². The molecule has 1 amide bonds. The number of nitrogens with one attached hydrogen (secondary N) is 1. The number of methoxy groups -OCH3 is 1. The van der Waals surface area contributed by atoms with Crippen LogP contribution < -0.4 is 5.32 Å². The molecule has 4 nitrogen and oxygen atoms in total. The quantitative estimate of drug-likeness (QED) is 0.606. The Kier molecular flexibility index (Phi) is 6.31. The summed E-state index contributed by atoms with van der Waals surface area (Å²) in [5.74, 6) is -1.91. The molecule has 0 saturated heterocycles. The fraction of sp³-hybridized carbons (Fsp3) is 0.333. The molecule has 2 aromatic rings. The zero-order valence-electron chi connectivity index (χ0n) is 15.5. The predicted octanol–water partition coefficient (Wildman–Crippen LogP) is 4.99. The molecule has 1 N–H and O–H groups in total. The number of ether oxygens (including phenoxy) is 1. The normalized spacial score (nSPS) is 19.3. The molecule has 3 atom stereocenters. The lowest BCUT2D eigenvalue weighted by Gasteiger charge is -2.19. The van der Waals surface area contributed by atoms with E-state index < -0.39 is 35.6 Å². The van der Waals surface area contributed by atoms with Gasteiger partial charge in [-0.05, 0) is 41.7 Å². The fourth-order valence-electron chi connectivity index (χ4n) is 3.38. The molecule has 154 valence electrons. The van der Waals surface area contributed by atoms with Gasteiger partial charge in [-0.25, -0.2) is 0 Å². The van der Waals surface area contributed by atoms with Crippen molar-refractivity contribution < 1.29 is 27.5 Å². The standard InChI is InChI=1S/C21H19BrF3NO3/c1-29-19(27)11-18(12-6-8-13(22)9-7-12)26-20(28)16-10-15(16)14-4-2-3-5-17(14)21(23,24)25/h2-9,15-16,18H,10-11H2,1H3,(H,26,28). The van der Waals surface area contributed by atoms with Crippen molar-refractivity contribution in [2.45, 2.75) is 31.0 Å². The third kappa shape index (κ3) is 5.18. The Labute approximate surface area is 174 Å². The first-order valence-electron chi connectivity index (χ1n) is 8.99. The smallest absolute Gasteiger partial charge is 0.416 e. The van der Waals surface area contributed by atoms with Crippen molar-refractivity contribution >= 4 is 27.8 Å². The molecule has 1 aliphatic carbocycles. The number of hydrogen-bond acceptors (Lipinski definition) is 3. The molecule has 0 aliphatic heterocycles. The molecule has 3 unspecified atom stereocenters. The summed E-state index contributed by atoms with van der Waals surface area (Å²) in [6.45, 7) is 0. The topological polar surface area (TPSA) is 55.4 Å². The van der Waals surface area contributed by atoms with Crippen molar-refractivity contribution in [1.82, 2.24) is 5.32 Å². The van der Waals surface area contributed by atoms with E-state index in [2.05, 4.69) is 21.2 Å². The van der Waals surface area contributed by atoms with Crippen LogP contribution in [-0.2, 0) is 20.5 Å². The van der Waals surface area contributed by atoms with Crippen LogP contribution in [0.3, 0.4) is 0 Å². The molecule has 8 heteroatoms. The van der Waals surface area contributed by atoms with E-state index in [0.29, 0.717) is 12.0 Å². The van der Waals surface area contributed by atoms with Crippen molar-refractivity contribution in [2.75, 3.05) is 7.11 Å². The number of amides is 1. The number of benzene rings is 2. The van der Waals surface area contributed by atoms with Gasteiger partial charge in [0.05, 0.1) is 25.1 Å². The molecule has 0 bridgehead atoms. The van der Waals surface area contributed by atoms with Gasteiger partial charge in [0.1, 0.15) is 0 Å². The van der Waals surface area contributed by atoms with Gasteiger partial charge in [0.25, 0.3) is 0 Å². The third-order valence-electron chi connectivity index (χ3n) is 4.98. The SMILES string of the molecule is COC(=O)CC(NC(=O)C1CC1c1ccccc1C(F)(F)F)c1ccc(Br)cc1. The Hall–Kier alpha value is -2.35. The van der Waals surface area contributed by atoms with Gasteiger partial charge in [-0.3, -0.25) is 9.59 Å². The van der Waals surface area contributed by atoms with Crippen LogP contribution in [0.1, 0.15) is 41.5 Å². The van der Waals surface area contributed by atoms with Gasteiger partial charge in [0.15, 0.2) is 0 Å². The van der Waals surface area contributed by atoms with Crippen molar-refractivity contribution in [1.29, 1.82) is 0 Å². The first-order chi connectivity index (χ1) is 13.7. The minimum atomic E-state index is -4.47. The van der Waals surface area contributed by atoms with Crippen molar-refractivity contribution in [3.05, 3.63) is 69.7 Å². The van der Waals surface area contributed by atoms with Crippen molar-refractivity contribution in [3.8, 4) is 0 Å². The summed E-state index contributed by atoms with van der Waals surface area (Å²) in [6.07, 6.45) is -4.20. The Morgan fingerprint density at radius 3 is 2.45 bits per heavy atom. The highest BCUT2D eigenvalue weighted by Crippen LogP contribution is 2.51. The molecule has 1 saturated carbocycles. The summed E-state index contributed by atoms with van der Waals surface area (Å²) < 4.78 is 45.3. The highest BCUT2D eigenvalue weighted by atomic mass is 79.9. The number of carbonyl (C=O) groups excluding carboxylic acids is 2. The molecule has 0 heterocycles. The lowest BCUT2D eigenvalue weighted by molar-refractivity contribution is -0.141. The number of esters is 1. The third-order valence-corrected chi connectivity index (χ3v) is 5.51. The van der Waals surface area contributed by atoms with Crippen LogP contribution in [0.2, 0.25) is 0 Å². The maximum absolute atomic E-state index is 13.3. The fourth-order valence-corrected chi connectivity index (χ4v) is 3.65. The molecule has 2 aromatic carbocycles. The predicted molar refractivity (Wildman–Crippen MR) is 104 cm³/mol. The van der Waals surface area contributed by atoms with Gasteiger partial charge in [0, 0.05) is 10.4 Å². The largest absolute Gasteiger partial charge is 0.469 e. The molecule has 1 fully saturated rings. The van der Waals surface area contributed by atoms with Crippen LogP contribution in [0.25, 0.3) is 0 Å². The minimum absolute atomic E-state index is 0.0691. The van der Waals surface area contributed by atoms with Crippen LogP contribution in [0.15, 0.2) is 53.0 Å². The van der Waals surface area contributed by atoms with Gasteiger partial charge in [-0.1, -0.05) is 46.3 Å². The lowest BCUT2D eigenvalue weighted by atomic mass is 10.0. The number of hydrogen-bond donors (Lipinski definition) is 1. The summed E-state index contributed by atoms with van der Waals surface area (Å²) >= 11 is 3.33. The second-order valence-corrected chi connectivity index (χ2v) is 7.84. The van der Waals surface area contributed by atoms with Gasteiger partial charge in [0.2, 0.25) is 5.91 Å². The first kappa shape index (κ1) is 21.4. The Bertz CT molecular complexity index is 899. The highest BCUT2D eigenvalue weighted by Gasteiger charge is 2.48. The first-order valence-corrected chi connectivity index (χ1v) is 9.78. The van der Waals surface area contributed by atoms with Gasteiger partial charge >= 0.3 is 12.1 Å². The number of carbonyl (C=O) groups is 2. The highest BCUT2D eigenvalue weighted by molar-refractivity contribution is 9.10. The maximum atomic E-state index is 13.3. The van der Waals surface area contributed by atoms with Crippen LogP contribution in [0.5, 0.6) is 0 Å². The molecule has 0 aromatic heterocycles. The monoisotopic (exact) mass is 469 g/mol. The summed E-state index contributed by atoms with van der Waals surface area (Å²) in [6, 6.07) is 11.8. The molecule has 0 spiro atoms. The number of rotatable bonds is 6. The Morgan fingerprint density at radius 2 is 1.83 bits per heavy atom. The van der Waals surface area contributed by atoms with E-state index in [0.717, 1.165) is 10.5 Å². The zero-order chi connectivity index (χ0) is 21.2. The van der Waals surface area contributed by atoms with Crippen LogP contribution in [0, 0.1) is 5.92 Å². The van der Waals surface area contributed by atoms with E-state index in [-0.39, 0.29) is 17.9 Å². The number of alkyl halides is 3. The second kappa shape index (κ2) is 8.57. The summed E-state index contributed by atoms with van der Waals surface area (Å²) in [5, 5.41) is 2.80. The summed E-state index contributed by atoms with van der Waals surface area (Å²) in [5.41, 5.74) is 0.132. The molecular formula is C21H19BrF3NO3. The molecule has 3 rings (SSSR count). The van der Waals surface area contributed by atoms with E-state index in [1.165, 1.54) is 19.2 Å². The molecular weight excluding hydrogens is 451 g/mol. The van der Waals surface area contributed by atoms with E-state index in [1.807, 2.05) is 0 Å². The van der Waals surface area contributed by atoms with Gasteiger partial charge in [-0.15, -0.1) is 0 Å². The average molecular weight is 470 g/mol. The van der Waals surface area contributed by atoms with E-state index in [9.17, 15) is 22.8 Å². The minimum Gasteiger partial charge on any atom is -0.469 e. The zero-order valence-corrected chi connectivity index (χ0v) is 17.1. The van der Waals surface area contributed by atoms with Gasteiger partial charge in [-0.2, -0.15) is 13.2 Å². The van der Waals surface area contributed by atoms with Crippen molar-refractivity contribution in [3.63, 3.8) is 0 Å². The van der Waals surface area contributed by atoms with Crippen molar-refractivity contribution in [2.24, 2.45) is 5.92 Å². The summed E-state index contributed by atoms with van der Waals surface area (Å²) in [4.78, 5) is 24.5. The molecule has 0 radical (unpaired) electrons. The Balaban J connectivity index is 1.75. The second-order valence-electron chi connectivity index (χ2n) is 6.93. The van der Waals surface area contributed by atoms with Crippen LogP contribution in [0.4, 0.5) is 13.2 Å². The maximum Gasteiger partial charge on any atom is 0.416 e. The Morgan fingerprint density at radius 1 is 1.17 bits per heavy atom. The molecule has 1 aliphatic rings. The summed E-state index contributed by atoms with van der Waals surface area (Å²) in [7, 11) is 1.26. The van der Waals surface area contributed by atoms with Crippen LogP contribution >= 0.6 is 15.9 Å². The average Bonchev–Trinajstić information content (AvgIpc) is 3.48. The lowest BCUT2D eigenvalue weighted by Crippen LogP contribution is -2.32. The van der Waals surface area contributed by atoms with E-state index in [4.69, 9.17) is 4.74 Å². The number of halogens is 4. The van der Waals surface area contributed by atoms with E-state index >= 15 is 0 Å². The van der Waals surface area contributed by atoms with Crippen LogP contribution in [-0.4, -0.2) is 19.0 Å². The van der Waals surface area contributed by atoms with E-state index in [1.54, 1.807) is 30.3 Å². The molecule has 29 heavy (non-hydrogen) atoms.